The van der Waals surface area contributed by atoms with Crippen LogP contribution in [-0.2, 0) is 4.79 Å². The Kier molecular flexibility index (Phi) is 5.46. The topological polar surface area (TPSA) is 103 Å². The zero-order chi connectivity index (χ0) is 21.3. The Bertz CT molecular complexity index is 905. The van der Waals surface area contributed by atoms with Crippen molar-refractivity contribution in [1.82, 2.24) is 19.9 Å². The van der Waals surface area contributed by atoms with Crippen LogP contribution in [0.1, 0.15) is 26.7 Å². The van der Waals surface area contributed by atoms with Gasteiger partial charge >= 0.3 is 12.0 Å². The first-order valence-corrected chi connectivity index (χ1v) is 10.3. The summed E-state index contributed by atoms with van der Waals surface area (Å²) in [6, 6.07) is 9.71. The molecule has 160 valence electrons. The summed E-state index contributed by atoms with van der Waals surface area (Å²) in [5.74, 6) is 0.543. The standard InChI is InChI=1S/C21H27N5O4/c1-15(2)14-26-20(29)25(12-13-27)18(28)21(26)8-10-24(11-9-21)19-22-17(23-30-19)16-6-4-3-5-7-16/h3-7,15,27H,8-14H2,1-2H3. The van der Waals surface area contributed by atoms with E-state index in [4.69, 9.17) is 4.52 Å². The van der Waals surface area contributed by atoms with Crippen molar-refractivity contribution in [2.45, 2.75) is 32.2 Å². The Morgan fingerprint density at radius 2 is 1.87 bits per heavy atom. The maximum absolute atomic E-state index is 13.2. The first kappa shape index (κ1) is 20.3. The number of anilines is 1. The van der Waals surface area contributed by atoms with Gasteiger partial charge in [0.1, 0.15) is 5.54 Å². The van der Waals surface area contributed by atoms with Crippen molar-refractivity contribution in [2.75, 3.05) is 37.7 Å². The highest BCUT2D eigenvalue weighted by Gasteiger charge is 2.58. The second-order valence-electron chi connectivity index (χ2n) is 8.25. The summed E-state index contributed by atoms with van der Waals surface area (Å²) < 4.78 is 5.46. The van der Waals surface area contributed by atoms with Gasteiger partial charge in [-0.1, -0.05) is 49.3 Å². The fourth-order valence-electron chi connectivity index (χ4n) is 4.30. The number of aliphatic hydroxyl groups excluding tert-OH is 1. The van der Waals surface area contributed by atoms with E-state index in [1.54, 1.807) is 4.90 Å². The Labute approximate surface area is 175 Å². The maximum Gasteiger partial charge on any atom is 0.327 e. The largest absolute Gasteiger partial charge is 0.395 e. The number of aromatic nitrogens is 2. The molecule has 9 nitrogen and oxygen atoms in total. The number of amides is 3. The van der Waals surface area contributed by atoms with Crippen LogP contribution in [0.2, 0.25) is 0 Å². The summed E-state index contributed by atoms with van der Waals surface area (Å²) in [5.41, 5.74) is 0.00951. The van der Waals surface area contributed by atoms with Gasteiger partial charge in [0.15, 0.2) is 0 Å². The molecule has 3 heterocycles. The van der Waals surface area contributed by atoms with Gasteiger partial charge in [0, 0.05) is 25.2 Å². The van der Waals surface area contributed by atoms with Crippen LogP contribution in [0.15, 0.2) is 34.9 Å². The Balaban J connectivity index is 1.52. The van der Waals surface area contributed by atoms with Crippen molar-refractivity contribution < 1.29 is 19.2 Å². The van der Waals surface area contributed by atoms with Crippen molar-refractivity contribution in [3.05, 3.63) is 30.3 Å². The second-order valence-corrected chi connectivity index (χ2v) is 8.25. The number of benzene rings is 1. The molecular formula is C21H27N5O4. The molecule has 1 spiro atoms. The summed E-state index contributed by atoms with van der Waals surface area (Å²) >= 11 is 0. The van der Waals surface area contributed by atoms with Gasteiger partial charge in [0.05, 0.1) is 13.2 Å². The first-order valence-electron chi connectivity index (χ1n) is 10.3. The lowest BCUT2D eigenvalue weighted by molar-refractivity contribution is -0.134. The number of β-amino-alcohol motifs (C(OH)–C–C–N with tert-alkyl or cyclic N) is 1. The van der Waals surface area contributed by atoms with Crippen molar-refractivity contribution in [2.24, 2.45) is 5.92 Å². The lowest BCUT2D eigenvalue weighted by Crippen LogP contribution is -2.57. The molecule has 2 saturated heterocycles. The van der Waals surface area contributed by atoms with E-state index >= 15 is 0 Å². The predicted molar refractivity (Wildman–Crippen MR) is 110 cm³/mol. The van der Waals surface area contributed by atoms with Crippen molar-refractivity contribution >= 4 is 18.0 Å². The molecule has 9 heteroatoms. The van der Waals surface area contributed by atoms with Crippen LogP contribution >= 0.6 is 0 Å². The fraction of sp³-hybridized carbons (Fsp3) is 0.524. The lowest BCUT2D eigenvalue weighted by atomic mass is 9.85. The van der Waals surface area contributed by atoms with Crippen LogP contribution in [0.4, 0.5) is 10.8 Å². The number of rotatable bonds is 6. The van der Waals surface area contributed by atoms with E-state index < -0.39 is 5.54 Å². The minimum Gasteiger partial charge on any atom is -0.395 e. The van der Waals surface area contributed by atoms with E-state index in [0.717, 1.165) is 5.56 Å². The lowest BCUT2D eigenvalue weighted by Gasteiger charge is -2.42. The second kappa shape index (κ2) is 8.06. The van der Waals surface area contributed by atoms with Crippen LogP contribution in [-0.4, -0.2) is 75.3 Å². The molecule has 2 aromatic rings. The molecule has 2 aliphatic rings. The maximum atomic E-state index is 13.2. The van der Waals surface area contributed by atoms with Crippen molar-refractivity contribution in [1.29, 1.82) is 0 Å². The molecule has 0 radical (unpaired) electrons. The van der Waals surface area contributed by atoms with E-state index in [9.17, 15) is 14.7 Å². The quantitative estimate of drug-likeness (QED) is 0.723. The Morgan fingerprint density at radius 3 is 2.50 bits per heavy atom. The van der Waals surface area contributed by atoms with Gasteiger partial charge in [-0.05, 0) is 18.8 Å². The van der Waals surface area contributed by atoms with E-state index in [-0.39, 0.29) is 31.0 Å². The Hall–Kier alpha value is -2.94. The summed E-state index contributed by atoms with van der Waals surface area (Å²) in [4.78, 5) is 35.4. The number of imide groups is 1. The monoisotopic (exact) mass is 413 g/mol. The molecule has 2 fully saturated rings. The zero-order valence-electron chi connectivity index (χ0n) is 17.3. The molecule has 3 amide bonds. The summed E-state index contributed by atoms with van der Waals surface area (Å²) in [6.07, 6.45) is 0.963. The van der Waals surface area contributed by atoms with Gasteiger partial charge in [-0.3, -0.25) is 9.69 Å². The fourth-order valence-corrected chi connectivity index (χ4v) is 4.30. The normalized spacial score (nSPS) is 18.9. The molecule has 1 N–H and O–H groups in total. The first-order chi connectivity index (χ1) is 14.5. The SMILES string of the molecule is CC(C)CN1C(=O)N(CCO)C(=O)C12CCN(c1nc(-c3ccccc3)no1)CC2. The van der Waals surface area contributed by atoms with E-state index in [0.29, 0.717) is 44.3 Å². The number of carbonyl (C=O) groups is 2. The summed E-state index contributed by atoms with van der Waals surface area (Å²) in [7, 11) is 0. The van der Waals surface area contributed by atoms with Gasteiger partial charge in [-0.15, -0.1) is 0 Å². The molecule has 1 aromatic heterocycles. The average molecular weight is 413 g/mol. The molecule has 0 bridgehead atoms. The zero-order valence-corrected chi connectivity index (χ0v) is 17.3. The van der Waals surface area contributed by atoms with Gasteiger partial charge < -0.3 is 19.4 Å². The molecule has 30 heavy (non-hydrogen) atoms. The van der Waals surface area contributed by atoms with Crippen LogP contribution < -0.4 is 4.90 Å². The van der Waals surface area contributed by atoms with Gasteiger partial charge in [0.25, 0.3) is 5.91 Å². The number of nitrogens with zero attached hydrogens (tertiary/aromatic N) is 5. The molecule has 4 rings (SSSR count). The number of aliphatic hydroxyl groups is 1. The van der Waals surface area contributed by atoms with Crippen molar-refractivity contribution in [3.63, 3.8) is 0 Å². The number of hydrogen-bond donors (Lipinski definition) is 1. The molecule has 1 aromatic carbocycles. The van der Waals surface area contributed by atoms with Gasteiger partial charge in [-0.25, -0.2) is 4.79 Å². The van der Waals surface area contributed by atoms with Crippen LogP contribution in [0.5, 0.6) is 0 Å². The third-order valence-electron chi connectivity index (χ3n) is 5.80. The summed E-state index contributed by atoms with van der Waals surface area (Å²) in [6.45, 7) is 5.40. The van der Waals surface area contributed by atoms with Crippen LogP contribution in [0.3, 0.4) is 0 Å². The number of carbonyl (C=O) groups excluding carboxylic acids is 2. The number of urea groups is 1. The molecule has 2 aliphatic heterocycles. The van der Waals surface area contributed by atoms with Crippen LogP contribution in [0, 0.1) is 5.92 Å². The van der Waals surface area contributed by atoms with E-state index in [1.807, 2.05) is 49.1 Å². The third kappa shape index (κ3) is 3.43. The average Bonchev–Trinajstić information content (AvgIpc) is 3.31. The molecule has 0 atom stereocenters. The van der Waals surface area contributed by atoms with Crippen LogP contribution in [0.25, 0.3) is 11.4 Å². The predicted octanol–water partition coefficient (Wildman–Crippen LogP) is 1.99. The highest BCUT2D eigenvalue weighted by Crippen LogP contribution is 2.38. The molecule has 0 aliphatic carbocycles. The van der Waals surface area contributed by atoms with Gasteiger partial charge in [0.2, 0.25) is 5.82 Å². The van der Waals surface area contributed by atoms with E-state index in [1.165, 1.54) is 4.90 Å². The molecule has 0 unspecified atom stereocenters. The highest BCUT2D eigenvalue weighted by molar-refractivity contribution is 6.07. The summed E-state index contributed by atoms with van der Waals surface area (Å²) in [5, 5.41) is 13.4. The number of hydrogen-bond acceptors (Lipinski definition) is 7. The van der Waals surface area contributed by atoms with Gasteiger partial charge in [-0.2, -0.15) is 4.98 Å². The smallest absolute Gasteiger partial charge is 0.327 e. The third-order valence-corrected chi connectivity index (χ3v) is 5.80. The van der Waals surface area contributed by atoms with Crippen molar-refractivity contribution in [3.8, 4) is 11.4 Å². The number of piperidine rings is 1. The minimum absolute atomic E-state index is 0.0296. The van der Waals surface area contributed by atoms with E-state index in [2.05, 4.69) is 10.1 Å². The minimum atomic E-state index is -0.866. The Morgan fingerprint density at radius 1 is 1.17 bits per heavy atom. The highest BCUT2D eigenvalue weighted by atomic mass is 16.5. The molecular weight excluding hydrogens is 386 g/mol. The molecule has 0 saturated carbocycles.